The van der Waals surface area contributed by atoms with Crippen molar-refractivity contribution < 1.29 is 28.6 Å². The standard InChI is InChI=1S/C10H18N2O6/c1-16-8(13)7(12-10(15)18-3)5-4-6-11-9(14)17-2/h7H,4-6H2,1-3H3,(H,11,14)(H,12,15). The predicted octanol–water partition coefficient (Wildman–Crippen LogP) is 0.0202. The Bertz CT molecular complexity index is 294. The maximum Gasteiger partial charge on any atom is 0.407 e. The van der Waals surface area contributed by atoms with Crippen molar-refractivity contribution in [1.29, 1.82) is 0 Å². The van der Waals surface area contributed by atoms with Gasteiger partial charge < -0.3 is 24.8 Å². The number of carbonyl (C=O) groups excluding carboxylic acids is 3. The van der Waals surface area contributed by atoms with Gasteiger partial charge in [0.2, 0.25) is 0 Å². The third kappa shape index (κ3) is 6.56. The molecule has 8 nitrogen and oxygen atoms in total. The number of rotatable bonds is 6. The Balaban J connectivity index is 4.05. The lowest BCUT2D eigenvalue weighted by Gasteiger charge is -2.15. The highest BCUT2D eigenvalue weighted by molar-refractivity contribution is 5.81. The minimum atomic E-state index is -0.804. The third-order valence-corrected chi connectivity index (χ3v) is 2.09. The first kappa shape index (κ1) is 16.0. The summed E-state index contributed by atoms with van der Waals surface area (Å²) < 4.78 is 13.3. The van der Waals surface area contributed by atoms with Gasteiger partial charge in [-0.25, -0.2) is 14.4 Å². The minimum absolute atomic E-state index is 0.311. The van der Waals surface area contributed by atoms with E-state index in [4.69, 9.17) is 0 Å². The smallest absolute Gasteiger partial charge is 0.407 e. The maximum atomic E-state index is 11.3. The van der Waals surface area contributed by atoms with Crippen molar-refractivity contribution in [2.24, 2.45) is 0 Å². The van der Waals surface area contributed by atoms with Gasteiger partial charge in [0, 0.05) is 6.54 Å². The van der Waals surface area contributed by atoms with E-state index in [1.807, 2.05) is 0 Å². The first-order valence-corrected chi connectivity index (χ1v) is 5.29. The van der Waals surface area contributed by atoms with E-state index in [-0.39, 0.29) is 0 Å². The molecule has 0 aromatic rings. The van der Waals surface area contributed by atoms with E-state index < -0.39 is 24.2 Å². The van der Waals surface area contributed by atoms with Crippen LogP contribution < -0.4 is 10.6 Å². The van der Waals surface area contributed by atoms with Crippen molar-refractivity contribution in [3.05, 3.63) is 0 Å². The van der Waals surface area contributed by atoms with Crippen LogP contribution in [0, 0.1) is 0 Å². The Morgan fingerprint density at radius 3 is 2.11 bits per heavy atom. The normalized spacial score (nSPS) is 11.1. The number of esters is 1. The lowest BCUT2D eigenvalue weighted by molar-refractivity contribution is -0.143. The van der Waals surface area contributed by atoms with Crippen molar-refractivity contribution in [2.45, 2.75) is 18.9 Å². The van der Waals surface area contributed by atoms with Gasteiger partial charge in [0.15, 0.2) is 0 Å². The zero-order valence-corrected chi connectivity index (χ0v) is 10.6. The fourth-order valence-corrected chi connectivity index (χ4v) is 1.16. The topological polar surface area (TPSA) is 103 Å². The van der Waals surface area contributed by atoms with Crippen LogP contribution in [0.25, 0.3) is 0 Å². The molecule has 104 valence electrons. The second-order valence-corrected chi connectivity index (χ2v) is 3.27. The molecule has 0 rings (SSSR count). The molecule has 0 aliphatic rings. The summed E-state index contributed by atoms with van der Waals surface area (Å²) in [7, 11) is 3.68. The van der Waals surface area contributed by atoms with Gasteiger partial charge in [-0.05, 0) is 12.8 Å². The first-order valence-electron chi connectivity index (χ1n) is 5.29. The van der Waals surface area contributed by atoms with Gasteiger partial charge in [-0.1, -0.05) is 0 Å². The van der Waals surface area contributed by atoms with E-state index in [0.29, 0.717) is 19.4 Å². The summed E-state index contributed by atoms with van der Waals surface area (Å²) >= 11 is 0. The highest BCUT2D eigenvalue weighted by atomic mass is 16.5. The number of methoxy groups -OCH3 is 3. The van der Waals surface area contributed by atoms with Crippen LogP contribution in [0.4, 0.5) is 9.59 Å². The molecule has 0 saturated heterocycles. The molecule has 2 amide bonds. The molecule has 8 heteroatoms. The average molecular weight is 262 g/mol. The van der Waals surface area contributed by atoms with E-state index in [9.17, 15) is 14.4 Å². The monoisotopic (exact) mass is 262 g/mol. The van der Waals surface area contributed by atoms with Crippen LogP contribution >= 0.6 is 0 Å². The van der Waals surface area contributed by atoms with Crippen LogP contribution in [0.5, 0.6) is 0 Å². The quantitative estimate of drug-likeness (QED) is 0.397. The molecule has 0 heterocycles. The van der Waals surface area contributed by atoms with E-state index in [2.05, 4.69) is 24.8 Å². The van der Waals surface area contributed by atoms with Crippen molar-refractivity contribution in [3.8, 4) is 0 Å². The number of alkyl carbamates (subject to hydrolysis) is 2. The number of ether oxygens (including phenoxy) is 3. The molecule has 0 spiro atoms. The second kappa shape index (κ2) is 9.08. The van der Waals surface area contributed by atoms with Gasteiger partial charge in [0.05, 0.1) is 21.3 Å². The molecule has 0 aliphatic heterocycles. The number of hydrogen-bond acceptors (Lipinski definition) is 6. The Labute approximate surface area is 105 Å². The molecule has 0 saturated carbocycles. The summed E-state index contributed by atoms with van der Waals surface area (Å²) in [6.07, 6.45) is -0.484. The van der Waals surface area contributed by atoms with Crippen LogP contribution in [0.3, 0.4) is 0 Å². The molecule has 18 heavy (non-hydrogen) atoms. The van der Waals surface area contributed by atoms with E-state index in [0.717, 1.165) is 0 Å². The number of hydrogen-bond donors (Lipinski definition) is 2. The number of nitrogens with one attached hydrogen (secondary N) is 2. The van der Waals surface area contributed by atoms with E-state index >= 15 is 0 Å². The minimum Gasteiger partial charge on any atom is -0.467 e. The van der Waals surface area contributed by atoms with Gasteiger partial charge in [0.1, 0.15) is 6.04 Å². The first-order chi connectivity index (χ1) is 8.54. The highest BCUT2D eigenvalue weighted by Crippen LogP contribution is 2.00. The van der Waals surface area contributed by atoms with Crippen molar-refractivity contribution in [1.82, 2.24) is 10.6 Å². The zero-order chi connectivity index (χ0) is 14.0. The fourth-order valence-electron chi connectivity index (χ4n) is 1.16. The molecule has 0 radical (unpaired) electrons. The molecule has 0 fully saturated rings. The van der Waals surface area contributed by atoms with Crippen molar-refractivity contribution in [3.63, 3.8) is 0 Å². The molecule has 0 aromatic carbocycles. The van der Waals surface area contributed by atoms with E-state index in [1.165, 1.54) is 21.3 Å². The number of carbonyl (C=O) groups is 3. The summed E-state index contributed by atoms with van der Waals surface area (Å²) in [5, 5.41) is 4.79. The van der Waals surface area contributed by atoms with Crippen molar-refractivity contribution >= 4 is 18.2 Å². The predicted molar refractivity (Wildman–Crippen MR) is 61.0 cm³/mol. The molecule has 1 atom stereocenters. The van der Waals surface area contributed by atoms with Crippen LogP contribution in [0.15, 0.2) is 0 Å². The fraction of sp³-hybridized carbons (Fsp3) is 0.700. The summed E-state index contributed by atoms with van der Waals surface area (Å²) in [5.74, 6) is -0.571. The van der Waals surface area contributed by atoms with Gasteiger partial charge in [0.25, 0.3) is 0 Å². The Morgan fingerprint density at radius 2 is 1.61 bits per heavy atom. The molecule has 0 aliphatic carbocycles. The summed E-state index contributed by atoms with van der Waals surface area (Å²) in [4.78, 5) is 33.1. The van der Waals surface area contributed by atoms with Crippen LogP contribution in [0.2, 0.25) is 0 Å². The molecule has 1 unspecified atom stereocenters. The lowest BCUT2D eigenvalue weighted by atomic mass is 10.1. The van der Waals surface area contributed by atoms with E-state index in [1.54, 1.807) is 0 Å². The van der Waals surface area contributed by atoms with Gasteiger partial charge in [-0.15, -0.1) is 0 Å². The van der Waals surface area contributed by atoms with Gasteiger partial charge in [-0.3, -0.25) is 0 Å². The van der Waals surface area contributed by atoms with Crippen LogP contribution in [-0.4, -0.2) is 52.1 Å². The Hall–Kier alpha value is -1.99. The average Bonchev–Trinajstić information content (AvgIpc) is 2.40. The lowest BCUT2D eigenvalue weighted by Crippen LogP contribution is -2.42. The molecular weight excluding hydrogens is 244 g/mol. The Kier molecular flexibility index (Phi) is 8.08. The molecule has 2 N–H and O–H groups in total. The summed E-state index contributed by atoms with van der Waals surface area (Å²) in [6.45, 7) is 0.322. The van der Waals surface area contributed by atoms with Crippen molar-refractivity contribution in [2.75, 3.05) is 27.9 Å². The number of amides is 2. The third-order valence-electron chi connectivity index (χ3n) is 2.09. The summed E-state index contributed by atoms with van der Waals surface area (Å²) in [5.41, 5.74) is 0. The molecule has 0 aromatic heterocycles. The van der Waals surface area contributed by atoms with Gasteiger partial charge >= 0.3 is 18.2 Å². The largest absolute Gasteiger partial charge is 0.467 e. The second-order valence-electron chi connectivity index (χ2n) is 3.27. The highest BCUT2D eigenvalue weighted by Gasteiger charge is 2.21. The Morgan fingerprint density at radius 1 is 1.00 bits per heavy atom. The van der Waals surface area contributed by atoms with Gasteiger partial charge in [-0.2, -0.15) is 0 Å². The SMILES string of the molecule is COC(=O)NCCCC(NC(=O)OC)C(=O)OC. The molecular formula is C10H18N2O6. The summed E-state index contributed by atoms with van der Waals surface area (Å²) in [6, 6.07) is -0.804. The van der Waals surface area contributed by atoms with Crippen LogP contribution in [-0.2, 0) is 19.0 Å². The zero-order valence-electron chi connectivity index (χ0n) is 10.6. The molecule has 0 bridgehead atoms. The van der Waals surface area contributed by atoms with Crippen LogP contribution in [0.1, 0.15) is 12.8 Å². The maximum absolute atomic E-state index is 11.3.